The maximum atomic E-state index is 4.75. The van der Waals surface area contributed by atoms with Gasteiger partial charge in [-0.1, -0.05) is 24.3 Å². The van der Waals surface area contributed by atoms with Crippen LogP contribution in [0.3, 0.4) is 0 Å². The Morgan fingerprint density at radius 1 is 0.862 bits per heavy atom. The van der Waals surface area contributed by atoms with Gasteiger partial charge in [0.05, 0.1) is 11.0 Å². The largest absolute Gasteiger partial charge is 0.370 e. The molecule has 2 aromatic carbocycles. The van der Waals surface area contributed by atoms with Gasteiger partial charge < -0.3 is 14.8 Å². The first-order valence-corrected chi connectivity index (χ1v) is 10.2. The molecule has 2 aromatic heterocycles. The van der Waals surface area contributed by atoms with Crippen molar-refractivity contribution in [2.75, 3.05) is 36.0 Å². The summed E-state index contributed by atoms with van der Waals surface area (Å²) in [7, 11) is 0. The molecule has 5 rings (SSSR count). The molecule has 5 heteroatoms. The molecule has 5 nitrogen and oxygen atoms in total. The second kappa shape index (κ2) is 7.59. The first-order chi connectivity index (χ1) is 14.3. The van der Waals surface area contributed by atoms with Crippen molar-refractivity contribution in [2.45, 2.75) is 13.3 Å². The highest BCUT2D eigenvalue weighted by atomic mass is 15.2. The van der Waals surface area contributed by atoms with Crippen LogP contribution < -0.4 is 9.80 Å². The smallest absolute Gasteiger partial charge is 0.140 e. The molecule has 0 radical (unpaired) electrons. The van der Waals surface area contributed by atoms with Crippen LogP contribution in [-0.4, -0.2) is 41.1 Å². The molecule has 1 fully saturated rings. The number of aromatic amines is 1. The van der Waals surface area contributed by atoms with E-state index in [2.05, 4.69) is 82.4 Å². The number of nitrogens with zero attached hydrogens (tertiary/aromatic N) is 4. The Kier molecular flexibility index (Phi) is 4.64. The summed E-state index contributed by atoms with van der Waals surface area (Å²) in [6.45, 7) is 6.19. The topological polar surface area (TPSA) is 48.1 Å². The van der Waals surface area contributed by atoms with Gasteiger partial charge in [0.15, 0.2) is 0 Å². The van der Waals surface area contributed by atoms with Gasteiger partial charge in [-0.25, -0.2) is 9.97 Å². The van der Waals surface area contributed by atoms with E-state index in [0.29, 0.717) is 0 Å². The molecule has 1 aliphatic heterocycles. The standard InChI is InChI=1S/C24H25N5/c1-18-8-10-21-22(16-18)27-24(26-21)19-9-11-23(25-17-19)29-13-5-12-28(14-15-29)20-6-3-2-4-7-20/h2-4,6-11,16-17H,5,12-15H2,1H3,(H,26,27). The summed E-state index contributed by atoms with van der Waals surface area (Å²) < 4.78 is 0. The maximum absolute atomic E-state index is 4.75. The second-order valence-electron chi connectivity index (χ2n) is 7.67. The summed E-state index contributed by atoms with van der Waals surface area (Å²) >= 11 is 0. The SMILES string of the molecule is Cc1ccc2nc(-c3ccc(N4CCCN(c5ccccc5)CC4)nc3)[nH]c2c1. The van der Waals surface area contributed by atoms with Crippen LogP contribution in [-0.2, 0) is 0 Å². The van der Waals surface area contributed by atoms with E-state index in [-0.39, 0.29) is 0 Å². The third kappa shape index (κ3) is 3.68. The maximum Gasteiger partial charge on any atom is 0.140 e. The molecule has 0 atom stereocenters. The lowest BCUT2D eigenvalue weighted by Gasteiger charge is -2.24. The highest BCUT2D eigenvalue weighted by Gasteiger charge is 2.16. The van der Waals surface area contributed by atoms with Gasteiger partial charge in [0.25, 0.3) is 0 Å². The van der Waals surface area contributed by atoms with Crippen LogP contribution in [0, 0.1) is 6.92 Å². The number of benzene rings is 2. The number of aryl methyl sites for hydroxylation is 1. The lowest BCUT2D eigenvalue weighted by molar-refractivity contribution is 0.798. The molecule has 3 heterocycles. The number of nitrogens with one attached hydrogen (secondary N) is 1. The van der Waals surface area contributed by atoms with Gasteiger partial charge in [-0.3, -0.25) is 0 Å². The highest BCUT2D eigenvalue weighted by molar-refractivity contribution is 5.80. The predicted molar refractivity (Wildman–Crippen MR) is 120 cm³/mol. The third-order valence-electron chi connectivity index (χ3n) is 5.60. The van der Waals surface area contributed by atoms with Crippen molar-refractivity contribution >= 4 is 22.5 Å². The lowest BCUT2D eigenvalue weighted by Crippen LogP contribution is -2.31. The fourth-order valence-corrected chi connectivity index (χ4v) is 4.02. The molecule has 0 aliphatic carbocycles. The average molecular weight is 383 g/mol. The van der Waals surface area contributed by atoms with Crippen molar-refractivity contribution in [3.63, 3.8) is 0 Å². The van der Waals surface area contributed by atoms with E-state index in [1.165, 1.54) is 11.3 Å². The number of aromatic nitrogens is 3. The summed E-state index contributed by atoms with van der Waals surface area (Å²) in [5, 5.41) is 0. The summed E-state index contributed by atoms with van der Waals surface area (Å²) in [5.74, 6) is 1.91. The molecule has 146 valence electrons. The molecule has 1 saturated heterocycles. The van der Waals surface area contributed by atoms with Crippen molar-refractivity contribution in [2.24, 2.45) is 0 Å². The first-order valence-electron chi connectivity index (χ1n) is 10.2. The Hall–Kier alpha value is -3.34. The molecule has 1 aliphatic rings. The summed E-state index contributed by atoms with van der Waals surface area (Å²) in [6, 6.07) is 21.2. The minimum atomic E-state index is 0.871. The monoisotopic (exact) mass is 383 g/mol. The van der Waals surface area contributed by atoms with Crippen LogP contribution >= 0.6 is 0 Å². The van der Waals surface area contributed by atoms with Gasteiger partial charge in [0, 0.05) is 43.6 Å². The Morgan fingerprint density at radius 3 is 2.52 bits per heavy atom. The molecule has 0 bridgehead atoms. The van der Waals surface area contributed by atoms with E-state index < -0.39 is 0 Å². The Labute approximate surface area is 171 Å². The number of pyridine rings is 1. The van der Waals surface area contributed by atoms with Crippen LogP contribution in [0.2, 0.25) is 0 Å². The Bertz CT molecular complexity index is 1100. The zero-order chi connectivity index (χ0) is 19.6. The molecule has 4 aromatic rings. The number of hydrogen-bond acceptors (Lipinski definition) is 4. The van der Waals surface area contributed by atoms with E-state index in [1.54, 1.807) is 0 Å². The normalized spacial score (nSPS) is 14.9. The van der Waals surface area contributed by atoms with Gasteiger partial charge >= 0.3 is 0 Å². The summed E-state index contributed by atoms with van der Waals surface area (Å²) in [4.78, 5) is 17.7. The summed E-state index contributed by atoms with van der Waals surface area (Å²) in [6.07, 6.45) is 3.06. The Morgan fingerprint density at radius 2 is 1.69 bits per heavy atom. The number of rotatable bonds is 3. The van der Waals surface area contributed by atoms with Crippen LogP contribution in [0.1, 0.15) is 12.0 Å². The third-order valence-corrected chi connectivity index (χ3v) is 5.60. The average Bonchev–Trinajstić information content (AvgIpc) is 3.02. The number of imidazole rings is 1. The van der Waals surface area contributed by atoms with E-state index in [9.17, 15) is 0 Å². The number of H-pyrrole nitrogens is 1. The van der Waals surface area contributed by atoms with Crippen LogP contribution in [0.4, 0.5) is 11.5 Å². The van der Waals surface area contributed by atoms with Crippen molar-refractivity contribution in [3.8, 4) is 11.4 Å². The van der Waals surface area contributed by atoms with Gasteiger partial charge in [-0.05, 0) is 55.3 Å². The molecule has 0 unspecified atom stereocenters. The zero-order valence-electron chi connectivity index (χ0n) is 16.7. The van der Waals surface area contributed by atoms with E-state index in [1.807, 2.05) is 6.20 Å². The first kappa shape index (κ1) is 17.7. The highest BCUT2D eigenvalue weighted by Crippen LogP contribution is 2.23. The van der Waals surface area contributed by atoms with Gasteiger partial charge in [-0.15, -0.1) is 0 Å². The minimum Gasteiger partial charge on any atom is -0.370 e. The van der Waals surface area contributed by atoms with Crippen LogP contribution in [0.25, 0.3) is 22.4 Å². The van der Waals surface area contributed by atoms with Crippen molar-refractivity contribution < 1.29 is 0 Å². The number of fused-ring (bicyclic) bond motifs is 1. The molecule has 1 N–H and O–H groups in total. The zero-order valence-corrected chi connectivity index (χ0v) is 16.7. The van der Waals surface area contributed by atoms with Crippen LogP contribution in [0.15, 0.2) is 66.9 Å². The lowest BCUT2D eigenvalue weighted by atomic mass is 10.2. The number of hydrogen-bond donors (Lipinski definition) is 1. The fourth-order valence-electron chi connectivity index (χ4n) is 4.02. The van der Waals surface area contributed by atoms with E-state index >= 15 is 0 Å². The van der Waals surface area contributed by atoms with Crippen LogP contribution in [0.5, 0.6) is 0 Å². The number of anilines is 2. The van der Waals surface area contributed by atoms with E-state index in [0.717, 1.165) is 60.8 Å². The minimum absolute atomic E-state index is 0.871. The quantitative estimate of drug-likeness (QED) is 0.559. The Balaban J connectivity index is 1.32. The predicted octanol–water partition coefficient (Wildman–Crippen LogP) is 4.65. The van der Waals surface area contributed by atoms with Gasteiger partial charge in [0.2, 0.25) is 0 Å². The van der Waals surface area contributed by atoms with Crippen molar-refractivity contribution in [1.82, 2.24) is 15.0 Å². The van der Waals surface area contributed by atoms with E-state index in [4.69, 9.17) is 9.97 Å². The molecule has 0 saturated carbocycles. The van der Waals surface area contributed by atoms with Gasteiger partial charge in [0.1, 0.15) is 11.6 Å². The molecule has 0 spiro atoms. The number of para-hydroxylation sites is 1. The molecular formula is C24H25N5. The molecular weight excluding hydrogens is 358 g/mol. The summed E-state index contributed by atoms with van der Waals surface area (Å²) in [5.41, 5.74) is 5.61. The van der Waals surface area contributed by atoms with Crippen molar-refractivity contribution in [1.29, 1.82) is 0 Å². The van der Waals surface area contributed by atoms with Gasteiger partial charge in [-0.2, -0.15) is 0 Å². The van der Waals surface area contributed by atoms with Crippen molar-refractivity contribution in [3.05, 3.63) is 72.4 Å². The molecule has 29 heavy (non-hydrogen) atoms. The second-order valence-corrected chi connectivity index (χ2v) is 7.67. The molecule has 0 amide bonds. The fraction of sp³-hybridized carbons (Fsp3) is 0.250.